The van der Waals surface area contributed by atoms with E-state index in [2.05, 4.69) is 28.4 Å². The highest BCUT2D eigenvalue weighted by Crippen LogP contribution is 2.37. The molecule has 0 spiro atoms. The number of halogens is 1. The topological polar surface area (TPSA) is 57.5 Å². The molecule has 0 amide bonds. The SMILES string of the molecule is N#Cc1ccc(-c2cc(CC3CNCCO3)ccc2N2CCC(C3CCCO3)CC2)cc1F. The van der Waals surface area contributed by atoms with E-state index in [1.165, 1.54) is 24.5 Å². The van der Waals surface area contributed by atoms with Crippen molar-refractivity contribution in [1.82, 2.24) is 5.32 Å². The summed E-state index contributed by atoms with van der Waals surface area (Å²) in [5.74, 6) is 0.165. The van der Waals surface area contributed by atoms with E-state index >= 15 is 0 Å². The Labute approximate surface area is 195 Å². The van der Waals surface area contributed by atoms with Gasteiger partial charge in [-0.2, -0.15) is 5.26 Å². The predicted octanol–water partition coefficient (Wildman–Crippen LogP) is 4.29. The molecule has 6 heteroatoms. The Bertz CT molecular complexity index is 1000. The summed E-state index contributed by atoms with van der Waals surface area (Å²) in [7, 11) is 0. The van der Waals surface area contributed by atoms with Crippen LogP contribution in [0.25, 0.3) is 11.1 Å². The molecule has 0 radical (unpaired) electrons. The zero-order valence-electron chi connectivity index (χ0n) is 19.1. The minimum atomic E-state index is -0.469. The summed E-state index contributed by atoms with van der Waals surface area (Å²) in [5, 5.41) is 12.5. The number of morpholine rings is 1. The third-order valence-corrected chi connectivity index (χ3v) is 7.30. The molecule has 5 rings (SSSR count). The molecule has 174 valence electrons. The first-order valence-electron chi connectivity index (χ1n) is 12.2. The molecule has 3 saturated heterocycles. The second-order valence-corrected chi connectivity index (χ2v) is 9.43. The normalized spacial score (nSPS) is 24.1. The molecule has 2 aromatic carbocycles. The van der Waals surface area contributed by atoms with Gasteiger partial charge in [0.25, 0.3) is 0 Å². The van der Waals surface area contributed by atoms with E-state index in [0.29, 0.717) is 12.0 Å². The third kappa shape index (κ3) is 5.06. The molecule has 0 bridgehead atoms. The van der Waals surface area contributed by atoms with Crippen molar-refractivity contribution < 1.29 is 13.9 Å². The van der Waals surface area contributed by atoms with E-state index in [1.54, 1.807) is 6.07 Å². The highest BCUT2D eigenvalue weighted by molar-refractivity contribution is 5.80. The smallest absolute Gasteiger partial charge is 0.141 e. The fourth-order valence-corrected chi connectivity index (χ4v) is 5.49. The summed E-state index contributed by atoms with van der Waals surface area (Å²) < 4.78 is 26.4. The maximum absolute atomic E-state index is 14.5. The Morgan fingerprint density at radius 2 is 1.94 bits per heavy atom. The van der Waals surface area contributed by atoms with Crippen LogP contribution in [0.1, 0.15) is 36.8 Å². The highest BCUT2D eigenvalue weighted by atomic mass is 19.1. The third-order valence-electron chi connectivity index (χ3n) is 7.30. The Morgan fingerprint density at radius 1 is 1.06 bits per heavy atom. The standard InChI is InChI=1S/C27H32FN3O2/c28-25-16-21(4-5-22(25)17-29)24-15-19(14-23-18-30-9-13-32-23)3-6-26(24)31-10-7-20(8-11-31)27-2-1-12-33-27/h3-6,15-16,20,23,27,30H,1-2,7-14,18H2. The van der Waals surface area contributed by atoms with Crippen molar-refractivity contribution >= 4 is 5.69 Å². The van der Waals surface area contributed by atoms with E-state index < -0.39 is 5.82 Å². The van der Waals surface area contributed by atoms with E-state index in [4.69, 9.17) is 14.7 Å². The van der Waals surface area contributed by atoms with Crippen LogP contribution in [0, 0.1) is 23.1 Å². The number of rotatable bonds is 5. The van der Waals surface area contributed by atoms with Gasteiger partial charge in [-0.1, -0.05) is 12.1 Å². The first kappa shape index (κ1) is 22.3. The van der Waals surface area contributed by atoms with Gasteiger partial charge in [-0.25, -0.2) is 4.39 Å². The molecule has 0 aliphatic carbocycles. The fourth-order valence-electron chi connectivity index (χ4n) is 5.49. The Morgan fingerprint density at radius 3 is 2.64 bits per heavy atom. The molecular formula is C27H32FN3O2. The predicted molar refractivity (Wildman–Crippen MR) is 127 cm³/mol. The zero-order valence-corrected chi connectivity index (χ0v) is 19.1. The molecule has 3 heterocycles. The van der Waals surface area contributed by atoms with E-state index in [0.717, 1.165) is 75.5 Å². The molecule has 2 unspecified atom stereocenters. The van der Waals surface area contributed by atoms with Crippen LogP contribution in [0.2, 0.25) is 0 Å². The number of nitrogens with one attached hydrogen (secondary N) is 1. The van der Waals surface area contributed by atoms with Gasteiger partial charge in [0.1, 0.15) is 11.9 Å². The van der Waals surface area contributed by atoms with Gasteiger partial charge in [0.15, 0.2) is 0 Å². The molecule has 0 aromatic heterocycles. The average molecular weight is 450 g/mol. The lowest BCUT2D eigenvalue weighted by Gasteiger charge is -2.37. The number of nitrogens with zero attached hydrogens (tertiary/aromatic N) is 2. The molecule has 2 atom stereocenters. The van der Waals surface area contributed by atoms with Crippen molar-refractivity contribution in [3.63, 3.8) is 0 Å². The zero-order chi connectivity index (χ0) is 22.6. The van der Waals surface area contributed by atoms with Gasteiger partial charge in [0, 0.05) is 44.0 Å². The molecule has 3 aliphatic rings. The van der Waals surface area contributed by atoms with Crippen LogP contribution in [0.3, 0.4) is 0 Å². The van der Waals surface area contributed by atoms with E-state index in [1.807, 2.05) is 12.1 Å². The number of benzene rings is 2. The van der Waals surface area contributed by atoms with Gasteiger partial charge >= 0.3 is 0 Å². The summed E-state index contributed by atoms with van der Waals surface area (Å²) in [5.41, 5.74) is 4.23. The van der Waals surface area contributed by atoms with Crippen LogP contribution < -0.4 is 10.2 Å². The fraction of sp³-hybridized carbons (Fsp3) is 0.519. The van der Waals surface area contributed by atoms with Crippen LogP contribution in [0.15, 0.2) is 36.4 Å². The van der Waals surface area contributed by atoms with E-state index in [-0.39, 0.29) is 11.7 Å². The second kappa shape index (κ2) is 10.2. The maximum Gasteiger partial charge on any atom is 0.141 e. The first-order chi connectivity index (χ1) is 16.2. The van der Waals surface area contributed by atoms with Crippen molar-refractivity contribution in [2.45, 2.75) is 44.3 Å². The molecule has 3 fully saturated rings. The highest BCUT2D eigenvalue weighted by Gasteiger charge is 2.30. The van der Waals surface area contributed by atoms with Gasteiger partial charge in [-0.15, -0.1) is 0 Å². The Hall–Kier alpha value is -2.46. The van der Waals surface area contributed by atoms with Crippen LogP contribution in [0.4, 0.5) is 10.1 Å². The van der Waals surface area contributed by atoms with Gasteiger partial charge in [-0.3, -0.25) is 0 Å². The monoisotopic (exact) mass is 449 g/mol. The maximum atomic E-state index is 14.5. The van der Waals surface area contributed by atoms with Crippen LogP contribution in [-0.4, -0.2) is 51.6 Å². The van der Waals surface area contributed by atoms with Crippen molar-refractivity contribution in [1.29, 1.82) is 5.26 Å². The molecule has 3 aliphatic heterocycles. The molecule has 0 saturated carbocycles. The molecule has 5 nitrogen and oxygen atoms in total. The molecule has 1 N–H and O–H groups in total. The lowest BCUT2D eigenvalue weighted by atomic mass is 9.88. The number of nitriles is 1. The van der Waals surface area contributed by atoms with Crippen molar-refractivity contribution in [3.8, 4) is 17.2 Å². The summed E-state index contributed by atoms with van der Waals surface area (Å²) in [4.78, 5) is 2.43. The van der Waals surface area contributed by atoms with Gasteiger partial charge in [0.05, 0.1) is 24.4 Å². The largest absolute Gasteiger partial charge is 0.378 e. The number of ether oxygens (including phenoxy) is 2. The number of piperidine rings is 1. The molecular weight excluding hydrogens is 417 g/mol. The van der Waals surface area contributed by atoms with Crippen LogP contribution >= 0.6 is 0 Å². The summed E-state index contributed by atoms with van der Waals surface area (Å²) in [6.45, 7) is 5.33. The second-order valence-electron chi connectivity index (χ2n) is 9.43. The molecule has 2 aromatic rings. The van der Waals surface area contributed by atoms with Gasteiger partial charge in [0.2, 0.25) is 0 Å². The number of anilines is 1. The summed E-state index contributed by atoms with van der Waals surface area (Å²) in [6, 6.07) is 13.4. The van der Waals surface area contributed by atoms with Gasteiger partial charge < -0.3 is 19.7 Å². The van der Waals surface area contributed by atoms with E-state index in [9.17, 15) is 4.39 Å². The van der Waals surface area contributed by atoms with Crippen molar-refractivity contribution in [3.05, 3.63) is 53.3 Å². The van der Waals surface area contributed by atoms with Crippen molar-refractivity contribution in [2.75, 3.05) is 44.3 Å². The van der Waals surface area contributed by atoms with Crippen molar-refractivity contribution in [2.24, 2.45) is 5.92 Å². The minimum absolute atomic E-state index is 0.0792. The van der Waals surface area contributed by atoms with Crippen LogP contribution in [0.5, 0.6) is 0 Å². The molecule has 33 heavy (non-hydrogen) atoms. The number of hydrogen-bond donors (Lipinski definition) is 1. The lowest BCUT2D eigenvalue weighted by molar-refractivity contribution is 0.0292. The minimum Gasteiger partial charge on any atom is -0.378 e. The first-order valence-corrected chi connectivity index (χ1v) is 12.2. The summed E-state index contributed by atoms with van der Waals surface area (Å²) >= 11 is 0. The average Bonchev–Trinajstić information content (AvgIpc) is 3.40. The lowest BCUT2D eigenvalue weighted by Crippen LogP contribution is -2.39. The van der Waals surface area contributed by atoms with Gasteiger partial charge in [-0.05, 0) is 73.4 Å². The number of hydrogen-bond acceptors (Lipinski definition) is 5. The Balaban J connectivity index is 1.41. The quantitative estimate of drug-likeness (QED) is 0.738. The summed E-state index contributed by atoms with van der Waals surface area (Å²) in [6.07, 6.45) is 6.00. The Kier molecular flexibility index (Phi) is 6.91. The van der Waals surface area contributed by atoms with Crippen LogP contribution in [-0.2, 0) is 15.9 Å².